The number of piperazine rings is 1. The Morgan fingerprint density at radius 3 is 2.32 bits per heavy atom. The van der Waals surface area contributed by atoms with Crippen LogP contribution in [0.3, 0.4) is 0 Å². The van der Waals surface area contributed by atoms with Gasteiger partial charge >= 0.3 is 0 Å². The summed E-state index contributed by atoms with van der Waals surface area (Å²) in [5.41, 5.74) is 1.54. The number of methoxy groups -OCH3 is 1. The van der Waals surface area contributed by atoms with E-state index in [2.05, 4.69) is 26.6 Å². The van der Waals surface area contributed by atoms with Crippen molar-refractivity contribution in [1.29, 1.82) is 0 Å². The fourth-order valence-corrected chi connectivity index (χ4v) is 3.12. The third-order valence-corrected chi connectivity index (χ3v) is 4.94. The lowest BCUT2D eigenvalue weighted by atomic mass is 10.1. The number of nitrogens with one attached hydrogen (secondary N) is 2. The lowest BCUT2D eigenvalue weighted by Gasteiger charge is -2.28. The van der Waals surface area contributed by atoms with Crippen molar-refractivity contribution < 1.29 is 14.3 Å². The van der Waals surface area contributed by atoms with Crippen LogP contribution in [0.5, 0.6) is 5.75 Å². The molecule has 28 heavy (non-hydrogen) atoms. The van der Waals surface area contributed by atoms with E-state index in [-0.39, 0.29) is 17.5 Å². The van der Waals surface area contributed by atoms with Crippen LogP contribution in [0.4, 0.5) is 0 Å². The van der Waals surface area contributed by atoms with Crippen molar-refractivity contribution in [3.8, 4) is 5.75 Å². The number of benzene rings is 2. The van der Waals surface area contributed by atoms with Gasteiger partial charge in [-0.25, -0.2) is 0 Å². The predicted molar refractivity (Wildman–Crippen MR) is 112 cm³/mol. The molecule has 0 aliphatic carbocycles. The average molecular weight is 444 g/mol. The number of rotatable bonds is 5. The van der Waals surface area contributed by atoms with E-state index in [1.165, 1.54) is 0 Å². The molecule has 0 saturated carbocycles. The molecule has 2 aromatic carbocycles. The largest absolute Gasteiger partial charge is 0.497 e. The zero-order valence-electron chi connectivity index (χ0n) is 15.6. The van der Waals surface area contributed by atoms with Crippen molar-refractivity contribution in [2.45, 2.75) is 0 Å². The Kier molecular flexibility index (Phi) is 6.84. The minimum absolute atomic E-state index is 0.189. The molecule has 0 atom stereocenters. The third-order valence-electron chi connectivity index (χ3n) is 4.42. The van der Waals surface area contributed by atoms with Crippen LogP contribution in [0.2, 0.25) is 0 Å². The van der Waals surface area contributed by atoms with Gasteiger partial charge in [0.25, 0.3) is 11.8 Å². The SMILES string of the molecule is COc1ccc(C(=O)N/C(=C/c2ccc(Br)cc2)C(=O)N2CCNCC2)cc1. The first-order valence-corrected chi connectivity index (χ1v) is 9.79. The maximum atomic E-state index is 13.0. The summed E-state index contributed by atoms with van der Waals surface area (Å²) in [6, 6.07) is 14.3. The second kappa shape index (κ2) is 9.52. The summed E-state index contributed by atoms with van der Waals surface area (Å²) < 4.78 is 6.07. The Labute approximate surface area is 172 Å². The van der Waals surface area contributed by atoms with E-state index < -0.39 is 0 Å². The highest BCUT2D eigenvalue weighted by Gasteiger charge is 2.22. The zero-order chi connectivity index (χ0) is 19.9. The fraction of sp³-hybridized carbons (Fsp3) is 0.238. The Hall–Kier alpha value is -2.64. The molecule has 3 rings (SSSR count). The third kappa shape index (κ3) is 5.21. The molecule has 2 aromatic rings. The molecule has 6 nitrogen and oxygen atoms in total. The summed E-state index contributed by atoms with van der Waals surface area (Å²) in [6.45, 7) is 2.69. The number of halogens is 1. The molecule has 2 N–H and O–H groups in total. The zero-order valence-corrected chi connectivity index (χ0v) is 17.2. The monoisotopic (exact) mass is 443 g/mol. The van der Waals surface area contributed by atoms with E-state index in [0.717, 1.165) is 23.1 Å². The lowest BCUT2D eigenvalue weighted by molar-refractivity contribution is -0.127. The fourth-order valence-electron chi connectivity index (χ4n) is 2.85. The summed E-state index contributed by atoms with van der Waals surface area (Å²) in [5.74, 6) is 0.139. The highest BCUT2D eigenvalue weighted by molar-refractivity contribution is 9.10. The number of ether oxygens (including phenoxy) is 1. The van der Waals surface area contributed by atoms with E-state index in [9.17, 15) is 9.59 Å². The molecule has 1 aliphatic heterocycles. The molecule has 0 radical (unpaired) electrons. The Balaban J connectivity index is 1.84. The van der Waals surface area contributed by atoms with Crippen LogP contribution in [-0.2, 0) is 4.79 Å². The number of amides is 2. The topological polar surface area (TPSA) is 70.7 Å². The van der Waals surface area contributed by atoms with Crippen LogP contribution >= 0.6 is 15.9 Å². The van der Waals surface area contributed by atoms with Crippen molar-refractivity contribution in [1.82, 2.24) is 15.5 Å². The Morgan fingerprint density at radius 2 is 1.71 bits per heavy atom. The van der Waals surface area contributed by atoms with Gasteiger partial charge in [0.1, 0.15) is 11.4 Å². The van der Waals surface area contributed by atoms with Gasteiger partial charge in [-0.1, -0.05) is 28.1 Å². The summed E-state index contributed by atoms with van der Waals surface area (Å²) in [7, 11) is 1.57. The van der Waals surface area contributed by atoms with Gasteiger partial charge in [0.05, 0.1) is 7.11 Å². The number of hydrogen-bond donors (Lipinski definition) is 2. The molecule has 1 heterocycles. The highest BCUT2D eigenvalue weighted by Crippen LogP contribution is 2.15. The Bertz CT molecular complexity index is 857. The van der Waals surface area contributed by atoms with Gasteiger partial charge in [-0.15, -0.1) is 0 Å². The normalized spacial score (nSPS) is 14.5. The number of nitrogens with zero attached hydrogens (tertiary/aromatic N) is 1. The van der Waals surface area contributed by atoms with Gasteiger partial charge < -0.3 is 20.3 Å². The van der Waals surface area contributed by atoms with Gasteiger partial charge in [0, 0.05) is 36.2 Å². The van der Waals surface area contributed by atoms with Crippen LogP contribution in [0.1, 0.15) is 15.9 Å². The quantitative estimate of drug-likeness (QED) is 0.696. The second-order valence-electron chi connectivity index (χ2n) is 6.33. The van der Waals surface area contributed by atoms with Crippen molar-refractivity contribution in [3.05, 3.63) is 69.8 Å². The van der Waals surface area contributed by atoms with Crippen LogP contribution in [0, 0.1) is 0 Å². The van der Waals surface area contributed by atoms with E-state index in [1.807, 2.05) is 24.3 Å². The molecule has 2 amide bonds. The average Bonchev–Trinajstić information content (AvgIpc) is 2.75. The molecule has 0 aromatic heterocycles. The van der Waals surface area contributed by atoms with E-state index >= 15 is 0 Å². The molecule has 1 aliphatic rings. The van der Waals surface area contributed by atoms with Gasteiger partial charge in [-0.3, -0.25) is 9.59 Å². The summed E-state index contributed by atoms with van der Waals surface area (Å²) in [6.07, 6.45) is 1.71. The van der Waals surface area contributed by atoms with Crippen LogP contribution in [0.25, 0.3) is 6.08 Å². The van der Waals surface area contributed by atoms with E-state index in [0.29, 0.717) is 24.4 Å². The second-order valence-corrected chi connectivity index (χ2v) is 7.25. The minimum atomic E-state index is -0.338. The van der Waals surface area contributed by atoms with Crippen LogP contribution in [-0.4, -0.2) is 50.0 Å². The molecule has 0 unspecified atom stereocenters. The first-order valence-electron chi connectivity index (χ1n) is 8.99. The molecule has 7 heteroatoms. The predicted octanol–water partition coefficient (Wildman–Crippen LogP) is 2.66. The number of hydrogen-bond acceptors (Lipinski definition) is 4. The molecular formula is C21H22BrN3O3. The molecule has 146 valence electrons. The van der Waals surface area contributed by atoms with Crippen molar-refractivity contribution in [3.63, 3.8) is 0 Å². The van der Waals surface area contributed by atoms with Crippen LogP contribution < -0.4 is 15.4 Å². The lowest BCUT2D eigenvalue weighted by Crippen LogP contribution is -2.48. The summed E-state index contributed by atoms with van der Waals surface area (Å²) in [4.78, 5) is 27.5. The summed E-state index contributed by atoms with van der Waals surface area (Å²) in [5, 5.41) is 6.01. The molecule has 1 saturated heterocycles. The minimum Gasteiger partial charge on any atom is -0.497 e. The van der Waals surface area contributed by atoms with E-state index in [1.54, 1.807) is 42.4 Å². The molecule has 0 spiro atoms. The standard InChI is InChI=1S/C21H22BrN3O3/c1-28-18-8-4-16(5-9-18)20(26)24-19(14-15-2-6-17(22)7-3-15)21(27)25-12-10-23-11-13-25/h2-9,14,23H,10-13H2,1H3,(H,24,26)/b19-14+. The molecular weight excluding hydrogens is 422 g/mol. The number of carbonyl (C=O) groups excluding carboxylic acids is 2. The van der Waals surface area contributed by atoms with Crippen molar-refractivity contribution in [2.24, 2.45) is 0 Å². The Morgan fingerprint density at radius 1 is 1.07 bits per heavy atom. The maximum absolute atomic E-state index is 13.0. The first kappa shape index (κ1) is 20.1. The van der Waals surface area contributed by atoms with Gasteiger partial charge in [-0.05, 0) is 48.0 Å². The van der Waals surface area contributed by atoms with Gasteiger partial charge in [0.15, 0.2) is 0 Å². The van der Waals surface area contributed by atoms with Gasteiger partial charge in [-0.2, -0.15) is 0 Å². The molecule has 0 bridgehead atoms. The van der Waals surface area contributed by atoms with Crippen molar-refractivity contribution >= 4 is 33.8 Å². The molecule has 1 fully saturated rings. The van der Waals surface area contributed by atoms with Crippen molar-refractivity contribution in [2.75, 3.05) is 33.3 Å². The maximum Gasteiger partial charge on any atom is 0.270 e. The van der Waals surface area contributed by atoms with Crippen LogP contribution in [0.15, 0.2) is 58.7 Å². The number of carbonyl (C=O) groups is 2. The van der Waals surface area contributed by atoms with E-state index in [4.69, 9.17) is 4.74 Å². The first-order chi connectivity index (χ1) is 13.6. The summed E-state index contributed by atoms with van der Waals surface area (Å²) >= 11 is 3.40. The smallest absolute Gasteiger partial charge is 0.270 e. The van der Waals surface area contributed by atoms with Gasteiger partial charge in [0.2, 0.25) is 0 Å². The highest BCUT2D eigenvalue weighted by atomic mass is 79.9.